The highest BCUT2D eigenvalue weighted by Crippen LogP contribution is 2.29. The third-order valence-corrected chi connectivity index (χ3v) is 6.24. The van der Waals surface area contributed by atoms with E-state index in [1.54, 1.807) is 30.3 Å². The maximum atomic E-state index is 12.7. The molecule has 0 unspecified atom stereocenters. The van der Waals surface area contributed by atoms with Gasteiger partial charge in [-0.25, -0.2) is 0 Å². The Morgan fingerprint density at radius 2 is 1.81 bits per heavy atom. The highest BCUT2D eigenvalue weighted by molar-refractivity contribution is 9.10. The van der Waals surface area contributed by atoms with Gasteiger partial charge in [-0.3, -0.25) is 0 Å². The molecular formula is C18H18BrNO5S2. The Morgan fingerprint density at radius 1 is 1.15 bits per heavy atom. The summed E-state index contributed by atoms with van der Waals surface area (Å²) in [4.78, 5) is 2.54. The topological polar surface area (TPSA) is 65.1 Å². The minimum atomic E-state index is -4.01. The minimum absolute atomic E-state index is 0.0365. The Balaban J connectivity index is 1.90. The number of hydrogen-bond acceptors (Lipinski definition) is 6. The maximum Gasteiger partial charge on any atom is 0.339 e. The van der Waals surface area contributed by atoms with Crippen LogP contribution in [0.15, 0.2) is 51.8 Å². The first-order valence-corrected chi connectivity index (χ1v) is 10.8. The van der Waals surface area contributed by atoms with Gasteiger partial charge in [0.15, 0.2) is 5.75 Å². The zero-order chi connectivity index (χ0) is 19.4. The molecule has 1 heterocycles. The fraction of sp³-hybridized carbons (Fsp3) is 0.278. The van der Waals surface area contributed by atoms with Gasteiger partial charge in [-0.2, -0.15) is 8.42 Å². The number of hydrogen-bond donors (Lipinski definition) is 0. The largest absolute Gasteiger partial charge is 0.497 e. The molecule has 2 aromatic carbocycles. The van der Waals surface area contributed by atoms with Crippen LogP contribution in [-0.4, -0.2) is 51.7 Å². The summed E-state index contributed by atoms with van der Waals surface area (Å²) < 4.78 is 42.0. The summed E-state index contributed by atoms with van der Waals surface area (Å²) >= 11 is 8.99. The molecule has 6 nitrogen and oxygen atoms in total. The van der Waals surface area contributed by atoms with E-state index in [1.165, 1.54) is 19.2 Å². The lowest BCUT2D eigenvalue weighted by atomic mass is 10.2. The Kier molecular flexibility index (Phi) is 6.36. The van der Waals surface area contributed by atoms with Crippen molar-refractivity contribution in [3.63, 3.8) is 0 Å². The molecule has 0 saturated carbocycles. The summed E-state index contributed by atoms with van der Waals surface area (Å²) in [5, 5.41) is 0. The highest BCUT2D eigenvalue weighted by atomic mass is 79.9. The van der Waals surface area contributed by atoms with Crippen LogP contribution in [0.1, 0.15) is 5.56 Å². The summed E-state index contributed by atoms with van der Waals surface area (Å²) in [6, 6.07) is 11.1. The zero-order valence-corrected chi connectivity index (χ0v) is 17.8. The van der Waals surface area contributed by atoms with Crippen LogP contribution in [0.3, 0.4) is 0 Å². The second-order valence-corrected chi connectivity index (χ2v) is 8.61. The number of halogens is 1. The molecule has 1 aliphatic rings. The van der Waals surface area contributed by atoms with Gasteiger partial charge in [-0.05, 0) is 42.5 Å². The van der Waals surface area contributed by atoms with Crippen molar-refractivity contribution < 1.29 is 22.1 Å². The Morgan fingerprint density at radius 3 is 2.44 bits per heavy atom. The van der Waals surface area contributed by atoms with E-state index < -0.39 is 10.1 Å². The lowest BCUT2D eigenvalue weighted by molar-refractivity contribution is 0.0692. The summed E-state index contributed by atoms with van der Waals surface area (Å²) in [6.45, 7) is 2.45. The van der Waals surface area contributed by atoms with Crippen LogP contribution in [0.5, 0.6) is 11.5 Å². The molecule has 9 heteroatoms. The molecule has 0 aromatic heterocycles. The van der Waals surface area contributed by atoms with E-state index in [0.29, 0.717) is 42.6 Å². The Bertz CT molecular complexity index is 925. The van der Waals surface area contributed by atoms with E-state index in [0.717, 1.165) is 4.47 Å². The van der Waals surface area contributed by atoms with Crippen molar-refractivity contribution in [1.29, 1.82) is 0 Å². The number of ether oxygens (including phenoxy) is 2. The van der Waals surface area contributed by atoms with Crippen LogP contribution < -0.4 is 8.92 Å². The van der Waals surface area contributed by atoms with Crippen molar-refractivity contribution in [1.82, 2.24) is 4.90 Å². The molecule has 0 atom stereocenters. The van der Waals surface area contributed by atoms with E-state index in [4.69, 9.17) is 25.9 Å². The van der Waals surface area contributed by atoms with Gasteiger partial charge >= 0.3 is 10.1 Å². The zero-order valence-electron chi connectivity index (χ0n) is 14.6. The second-order valence-electron chi connectivity index (χ2n) is 5.76. The van der Waals surface area contributed by atoms with Crippen molar-refractivity contribution in [3.8, 4) is 11.5 Å². The molecule has 0 aliphatic carbocycles. The summed E-state index contributed by atoms with van der Waals surface area (Å²) in [6.07, 6.45) is 0. The van der Waals surface area contributed by atoms with Crippen molar-refractivity contribution in [3.05, 3.63) is 52.5 Å². The SMILES string of the molecule is COc1ccc(S(=O)(=O)Oc2ccc(Br)cc2C(=S)N2CCOCC2)cc1. The molecule has 0 radical (unpaired) electrons. The smallest absolute Gasteiger partial charge is 0.339 e. The summed E-state index contributed by atoms with van der Waals surface area (Å²) in [5.41, 5.74) is 0.540. The quantitative estimate of drug-likeness (QED) is 0.489. The van der Waals surface area contributed by atoms with E-state index in [2.05, 4.69) is 15.9 Å². The first-order chi connectivity index (χ1) is 12.9. The molecule has 27 heavy (non-hydrogen) atoms. The first kappa shape index (κ1) is 20.1. The van der Waals surface area contributed by atoms with E-state index >= 15 is 0 Å². The minimum Gasteiger partial charge on any atom is -0.497 e. The molecule has 1 aliphatic heterocycles. The van der Waals surface area contributed by atoms with Crippen LogP contribution in [0.25, 0.3) is 0 Å². The number of thiocarbonyl (C=S) groups is 1. The van der Waals surface area contributed by atoms with Gasteiger partial charge in [0.25, 0.3) is 0 Å². The molecule has 1 fully saturated rings. The second kappa shape index (κ2) is 8.55. The van der Waals surface area contributed by atoms with Crippen molar-refractivity contribution in [2.45, 2.75) is 4.90 Å². The third kappa shape index (κ3) is 4.78. The molecule has 1 saturated heterocycles. The van der Waals surface area contributed by atoms with Crippen LogP contribution in [0.2, 0.25) is 0 Å². The van der Waals surface area contributed by atoms with Gasteiger partial charge in [0.1, 0.15) is 15.6 Å². The van der Waals surface area contributed by atoms with Crippen LogP contribution in [0.4, 0.5) is 0 Å². The molecule has 144 valence electrons. The van der Waals surface area contributed by atoms with Gasteiger partial charge in [-0.1, -0.05) is 28.1 Å². The van der Waals surface area contributed by atoms with E-state index in [-0.39, 0.29) is 10.6 Å². The predicted molar refractivity (Wildman–Crippen MR) is 109 cm³/mol. The van der Waals surface area contributed by atoms with E-state index in [9.17, 15) is 8.42 Å². The Hall–Kier alpha value is -1.68. The molecule has 0 bridgehead atoms. The highest BCUT2D eigenvalue weighted by Gasteiger charge is 2.23. The van der Waals surface area contributed by atoms with E-state index in [1.807, 2.05) is 4.90 Å². The number of rotatable bonds is 5. The predicted octanol–water partition coefficient (Wildman–Crippen LogP) is 3.23. The Labute approximate surface area is 172 Å². The van der Waals surface area contributed by atoms with Crippen molar-refractivity contribution >= 4 is 43.3 Å². The van der Waals surface area contributed by atoms with Gasteiger partial charge in [0.05, 0.1) is 25.9 Å². The number of nitrogens with zero attached hydrogens (tertiary/aromatic N) is 1. The monoisotopic (exact) mass is 471 g/mol. The van der Waals surface area contributed by atoms with Gasteiger partial charge < -0.3 is 18.6 Å². The number of benzene rings is 2. The average molecular weight is 472 g/mol. The van der Waals surface area contributed by atoms with Gasteiger partial charge in [0.2, 0.25) is 0 Å². The van der Waals surface area contributed by atoms with Crippen LogP contribution in [0, 0.1) is 0 Å². The fourth-order valence-electron chi connectivity index (χ4n) is 2.59. The molecular weight excluding hydrogens is 454 g/mol. The van der Waals surface area contributed by atoms with Gasteiger partial charge in [-0.15, -0.1) is 0 Å². The molecule has 0 N–H and O–H groups in total. The van der Waals surface area contributed by atoms with Gasteiger partial charge in [0, 0.05) is 17.6 Å². The number of methoxy groups -OCH3 is 1. The maximum absolute atomic E-state index is 12.7. The first-order valence-electron chi connectivity index (χ1n) is 8.16. The van der Waals surface area contributed by atoms with Crippen molar-refractivity contribution in [2.24, 2.45) is 0 Å². The summed E-state index contributed by atoms with van der Waals surface area (Å²) in [7, 11) is -2.50. The van der Waals surface area contributed by atoms with Crippen molar-refractivity contribution in [2.75, 3.05) is 33.4 Å². The lowest BCUT2D eigenvalue weighted by Crippen LogP contribution is -2.40. The molecule has 0 amide bonds. The lowest BCUT2D eigenvalue weighted by Gasteiger charge is -2.29. The molecule has 3 rings (SSSR count). The number of morpholine rings is 1. The average Bonchev–Trinajstić information content (AvgIpc) is 2.69. The third-order valence-electron chi connectivity index (χ3n) is 4.02. The standard InChI is InChI=1S/C18H18BrNO5S2/c1-23-14-3-5-15(6-4-14)27(21,22)25-17-7-2-13(19)12-16(17)18(26)20-8-10-24-11-9-20/h2-7,12H,8-11H2,1H3. The van der Waals surface area contributed by atoms with Crippen LogP contribution in [-0.2, 0) is 14.9 Å². The molecule has 2 aromatic rings. The molecule has 0 spiro atoms. The summed E-state index contributed by atoms with van der Waals surface area (Å²) in [5.74, 6) is 0.747. The van der Waals surface area contributed by atoms with Crippen LogP contribution >= 0.6 is 28.1 Å². The normalized spacial score (nSPS) is 14.7. The fourth-order valence-corrected chi connectivity index (χ4v) is 4.24.